The van der Waals surface area contributed by atoms with Gasteiger partial charge in [0.1, 0.15) is 0 Å². The lowest BCUT2D eigenvalue weighted by molar-refractivity contribution is 0.0378. The number of nitrogens with zero attached hydrogens (tertiary/aromatic N) is 1. The number of carbonyl (C=O) groups is 1. The van der Waals surface area contributed by atoms with Crippen molar-refractivity contribution in [3.05, 3.63) is 29.8 Å². The molecular weight excluding hydrogens is 268 g/mol. The van der Waals surface area contributed by atoms with E-state index in [1.165, 1.54) is 20.2 Å². The molecule has 0 unspecified atom stereocenters. The Morgan fingerprint density at radius 3 is 2.47 bits per heavy atom. The first kappa shape index (κ1) is 15.5. The van der Waals surface area contributed by atoms with Gasteiger partial charge >= 0.3 is 16.2 Å². The number of benzene rings is 1. The first-order valence-electron chi connectivity index (χ1n) is 5.73. The van der Waals surface area contributed by atoms with Crippen LogP contribution >= 0.6 is 0 Å². The number of ether oxygens (including phenoxy) is 1. The summed E-state index contributed by atoms with van der Waals surface area (Å²) in [6.45, 7) is 3.49. The van der Waals surface area contributed by atoms with Crippen LogP contribution in [0, 0.1) is 0 Å². The number of esters is 1. The predicted molar refractivity (Wildman–Crippen MR) is 73.2 cm³/mol. The molecule has 0 saturated heterocycles. The molecule has 0 heterocycles. The van der Waals surface area contributed by atoms with Gasteiger partial charge in [0.15, 0.2) is 0 Å². The van der Waals surface area contributed by atoms with E-state index in [0.29, 0.717) is 11.3 Å². The Balaban J connectivity index is 2.92. The third-order valence-electron chi connectivity index (χ3n) is 2.17. The van der Waals surface area contributed by atoms with Crippen LogP contribution < -0.4 is 4.72 Å². The number of anilines is 1. The van der Waals surface area contributed by atoms with E-state index in [-0.39, 0.29) is 6.10 Å². The first-order chi connectivity index (χ1) is 8.72. The van der Waals surface area contributed by atoms with Gasteiger partial charge < -0.3 is 4.74 Å². The summed E-state index contributed by atoms with van der Waals surface area (Å²) in [4.78, 5) is 11.7. The van der Waals surface area contributed by atoms with Crippen LogP contribution in [0.25, 0.3) is 0 Å². The van der Waals surface area contributed by atoms with Crippen molar-refractivity contribution >= 4 is 21.9 Å². The van der Waals surface area contributed by atoms with E-state index >= 15 is 0 Å². The average molecular weight is 286 g/mol. The van der Waals surface area contributed by atoms with Gasteiger partial charge in [0, 0.05) is 14.1 Å². The van der Waals surface area contributed by atoms with Crippen molar-refractivity contribution in [2.45, 2.75) is 20.0 Å². The topological polar surface area (TPSA) is 75.7 Å². The van der Waals surface area contributed by atoms with E-state index in [1.807, 2.05) is 0 Å². The van der Waals surface area contributed by atoms with Crippen molar-refractivity contribution in [2.75, 3.05) is 18.8 Å². The molecule has 1 N–H and O–H groups in total. The second kappa shape index (κ2) is 6.03. The Kier molecular flexibility index (Phi) is 4.90. The van der Waals surface area contributed by atoms with Crippen LogP contribution in [0.5, 0.6) is 0 Å². The minimum atomic E-state index is -3.59. The van der Waals surface area contributed by atoms with Crippen LogP contribution in [0.1, 0.15) is 24.2 Å². The van der Waals surface area contributed by atoms with E-state index in [9.17, 15) is 13.2 Å². The fraction of sp³-hybridized carbons (Fsp3) is 0.417. The highest BCUT2D eigenvalue weighted by molar-refractivity contribution is 7.90. The molecular formula is C12H18N2O4S. The maximum Gasteiger partial charge on any atom is 0.338 e. The molecule has 0 radical (unpaired) electrons. The van der Waals surface area contributed by atoms with Gasteiger partial charge in [-0.25, -0.2) is 4.79 Å². The van der Waals surface area contributed by atoms with Crippen molar-refractivity contribution < 1.29 is 17.9 Å². The van der Waals surface area contributed by atoms with Crippen LogP contribution in [0.15, 0.2) is 24.3 Å². The Labute approximate surface area is 113 Å². The molecule has 106 valence electrons. The first-order valence-corrected chi connectivity index (χ1v) is 7.17. The summed E-state index contributed by atoms with van der Waals surface area (Å²) in [5, 5.41) is 0. The molecule has 0 spiro atoms. The number of nitrogens with one attached hydrogen (secondary N) is 1. The summed E-state index contributed by atoms with van der Waals surface area (Å²) < 4.78 is 31.8. The molecule has 0 atom stereocenters. The van der Waals surface area contributed by atoms with Crippen LogP contribution in [0.2, 0.25) is 0 Å². The van der Waals surface area contributed by atoms with Gasteiger partial charge in [-0.05, 0) is 32.0 Å². The maximum atomic E-state index is 11.7. The molecule has 1 aromatic carbocycles. The zero-order valence-corrected chi connectivity index (χ0v) is 12.2. The molecule has 7 heteroatoms. The zero-order valence-electron chi connectivity index (χ0n) is 11.4. The van der Waals surface area contributed by atoms with Crippen LogP contribution in [-0.4, -0.2) is 38.9 Å². The fourth-order valence-electron chi connectivity index (χ4n) is 1.23. The summed E-state index contributed by atoms with van der Waals surface area (Å²) in [5.74, 6) is -0.485. The minimum Gasteiger partial charge on any atom is -0.459 e. The molecule has 0 bridgehead atoms. The van der Waals surface area contributed by atoms with Crippen LogP contribution in [0.4, 0.5) is 5.69 Å². The summed E-state index contributed by atoms with van der Waals surface area (Å²) >= 11 is 0. The van der Waals surface area contributed by atoms with Crippen molar-refractivity contribution in [1.29, 1.82) is 0 Å². The Morgan fingerprint density at radius 2 is 1.95 bits per heavy atom. The lowest BCUT2D eigenvalue weighted by atomic mass is 10.2. The van der Waals surface area contributed by atoms with Gasteiger partial charge in [-0.3, -0.25) is 4.72 Å². The van der Waals surface area contributed by atoms with Crippen LogP contribution in [-0.2, 0) is 14.9 Å². The van der Waals surface area contributed by atoms with E-state index in [1.54, 1.807) is 32.0 Å². The normalized spacial score (nSPS) is 11.7. The highest BCUT2D eigenvalue weighted by atomic mass is 32.2. The third kappa shape index (κ3) is 4.53. The average Bonchev–Trinajstić information content (AvgIpc) is 2.27. The van der Waals surface area contributed by atoms with E-state index in [2.05, 4.69) is 4.72 Å². The molecule has 0 aliphatic heterocycles. The van der Waals surface area contributed by atoms with Crippen LogP contribution in [0.3, 0.4) is 0 Å². The summed E-state index contributed by atoms with van der Waals surface area (Å²) in [6.07, 6.45) is -0.227. The van der Waals surface area contributed by atoms with Gasteiger partial charge in [0.2, 0.25) is 0 Å². The number of hydrogen-bond acceptors (Lipinski definition) is 4. The molecule has 1 aromatic rings. The van der Waals surface area contributed by atoms with Crippen molar-refractivity contribution in [3.8, 4) is 0 Å². The molecule has 6 nitrogen and oxygen atoms in total. The summed E-state index contributed by atoms with van der Waals surface area (Å²) in [7, 11) is -0.754. The second-order valence-corrected chi connectivity index (χ2v) is 6.31. The molecule has 0 aliphatic carbocycles. The molecule has 0 aliphatic rings. The maximum absolute atomic E-state index is 11.7. The summed E-state index contributed by atoms with van der Waals surface area (Å²) in [6, 6.07) is 6.15. The van der Waals surface area contributed by atoms with Gasteiger partial charge in [0.25, 0.3) is 0 Å². The zero-order chi connectivity index (χ0) is 14.6. The number of hydrogen-bond donors (Lipinski definition) is 1. The SMILES string of the molecule is CC(C)OC(=O)c1cccc(NS(=O)(=O)N(C)C)c1. The fourth-order valence-corrected chi connectivity index (χ4v) is 1.84. The van der Waals surface area contributed by atoms with E-state index in [4.69, 9.17) is 4.74 Å². The molecule has 1 rings (SSSR count). The number of rotatable bonds is 5. The lowest BCUT2D eigenvalue weighted by Gasteiger charge is -2.14. The molecule has 0 saturated carbocycles. The molecule has 0 fully saturated rings. The standard InChI is InChI=1S/C12H18N2O4S/c1-9(2)18-12(15)10-6-5-7-11(8-10)13-19(16,17)14(3)4/h5-9,13H,1-4H3. The molecule has 0 amide bonds. The smallest absolute Gasteiger partial charge is 0.338 e. The molecule has 19 heavy (non-hydrogen) atoms. The predicted octanol–water partition coefficient (Wildman–Crippen LogP) is 1.47. The highest BCUT2D eigenvalue weighted by Crippen LogP contribution is 2.14. The third-order valence-corrected chi connectivity index (χ3v) is 3.62. The van der Waals surface area contributed by atoms with Gasteiger partial charge in [-0.15, -0.1) is 0 Å². The van der Waals surface area contributed by atoms with E-state index in [0.717, 1.165) is 4.31 Å². The number of carbonyl (C=O) groups excluding carboxylic acids is 1. The van der Waals surface area contributed by atoms with Gasteiger partial charge in [-0.1, -0.05) is 6.07 Å². The van der Waals surface area contributed by atoms with Crippen molar-refractivity contribution in [2.24, 2.45) is 0 Å². The highest BCUT2D eigenvalue weighted by Gasteiger charge is 2.15. The van der Waals surface area contributed by atoms with Gasteiger partial charge in [-0.2, -0.15) is 12.7 Å². The van der Waals surface area contributed by atoms with Crippen molar-refractivity contribution in [1.82, 2.24) is 4.31 Å². The quantitative estimate of drug-likeness (QED) is 0.832. The largest absolute Gasteiger partial charge is 0.459 e. The minimum absolute atomic E-state index is 0.227. The van der Waals surface area contributed by atoms with Gasteiger partial charge in [0.05, 0.1) is 17.4 Å². The molecule has 0 aromatic heterocycles. The second-order valence-electron chi connectivity index (χ2n) is 4.42. The Hall–Kier alpha value is -1.60. The summed E-state index contributed by atoms with van der Waals surface area (Å²) in [5.41, 5.74) is 0.611. The monoisotopic (exact) mass is 286 g/mol. The Morgan fingerprint density at radius 1 is 1.32 bits per heavy atom. The Bertz CT molecular complexity index is 553. The van der Waals surface area contributed by atoms with E-state index < -0.39 is 16.2 Å². The van der Waals surface area contributed by atoms with Crippen molar-refractivity contribution in [3.63, 3.8) is 0 Å². The lowest BCUT2D eigenvalue weighted by Crippen LogP contribution is -2.29.